The van der Waals surface area contributed by atoms with Crippen molar-refractivity contribution in [3.63, 3.8) is 0 Å². The first-order valence-corrected chi connectivity index (χ1v) is 19.9. The molecule has 8 atom stereocenters. The zero-order valence-electron chi connectivity index (χ0n) is 33.1. The van der Waals surface area contributed by atoms with Gasteiger partial charge in [0.1, 0.15) is 54.0 Å². The minimum atomic E-state index is -1.62. The Hall–Kier alpha value is -5.61. The first-order chi connectivity index (χ1) is 27.6. The van der Waals surface area contributed by atoms with Crippen LogP contribution in [0.25, 0.3) is 0 Å². The number of fused-ring (bicyclic) bond motifs is 3. The number of rotatable bonds is 6. The van der Waals surface area contributed by atoms with E-state index in [0.717, 1.165) is 17.7 Å². The van der Waals surface area contributed by atoms with E-state index in [1.54, 1.807) is 24.3 Å². The number of hydrogen-bond acceptors (Lipinski definition) is 8. The van der Waals surface area contributed by atoms with Gasteiger partial charge < -0.3 is 40.7 Å². The van der Waals surface area contributed by atoms with Crippen molar-refractivity contribution in [3.8, 4) is 0 Å². The van der Waals surface area contributed by atoms with Gasteiger partial charge in [0.05, 0.1) is 0 Å². The highest BCUT2D eigenvalue weighted by atomic mass is 19.1. The minimum Gasteiger partial charge on any atom is -0.458 e. The Balaban J connectivity index is 1.34. The largest absolute Gasteiger partial charge is 0.458 e. The molecule has 58 heavy (non-hydrogen) atoms. The summed E-state index contributed by atoms with van der Waals surface area (Å²) >= 11 is 0. The van der Waals surface area contributed by atoms with Gasteiger partial charge in [-0.1, -0.05) is 24.6 Å². The molecule has 4 aliphatic rings. The highest BCUT2D eigenvalue weighted by molar-refractivity contribution is 5.98. The van der Waals surface area contributed by atoms with Crippen LogP contribution in [0.5, 0.6) is 0 Å². The van der Waals surface area contributed by atoms with Gasteiger partial charge in [0.25, 0.3) is 0 Å². The van der Waals surface area contributed by atoms with Crippen LogP contribution in [0.4, 0.5) is 19.3 Å². The van der Waals surface area contributed by atoms with Crippen molar-refractivity contribution in [1.82, 2.24) is 30.7 Å². The summed E-state index contributed by atoms with van der Waals surface area (Å²) in [7, 11) is 0. The Bertz CT molecular complexity index is 1910. The molecule has 312 valence electrons. The van der Waals surface area contributed by atoms with Crippen molar-refractivity contribution < 1.29 is 47.1 Å². The van der Waals surface area contributed by atoms with Crippen LogP contribution >= 0.6 is 0 Å². The van der Waals surface area contributed by atoms with E-state index in [9.17, 15) is 42.3 Å². The molecule has 2 aromatic carbocycles. The fourth-order valence-corrected chi connectivity index (χ4v) is 8.36. The number of urea groups is 1. The van der Waals surface area contributed by atoms with Crippen molar-refractivity contribution in [3.05, 3.63) is 65.2 Å². The van der Waals surface area contributed by atoms with Gasteiger partial charge in [-0.25, -0.2) is 18.4 Å². The van der Waals surface area contributed by atoms with E-state index in [-0.39, 0.29) is 44.0 Å². The number of ether oxygens (including phenoxy) is 1. The second-order valence-corrected chi connectivity index (χ2v) is 15.9. The maximum Gasteiger partial charge on any atom is 0.329 e. The summed E-state index contributed by atoms with van der Waals surface area (Å²) in [6, 6.07) is 1.56. The number of piperidine rings is 1. The molecule has 0 aliphatic carbocycles. The molecule has 0 spiro atoms. The summed E-state index contributed by atoms with van der Waals surface area (Å²) < 4.78 is 34.5. The van der Waals surface area contributed by atoms with Crippen molar-refractivity contribution in [2.24, 2.45) is 5.92 Å². The van der Waals surface area contributed by atoms with Crippen LogP contribution in [0.3, 0.4) is 0 Å². The molecule has 0 aromatic heterocycles. The molecule has 4 fully saturated rings. The minimum absolute atomic E-state index is 0.0248. The molecule has 6 rings (SSSR count). The molecule has 4 heterocycles. The smallest absolute Gasteiger partial charge is 0.329 e. The van der Waals surface area contributed by atoms with Gasteiger partial charge in [-0.3, -0.25) is 24.0 Å². The Labute approximate surface area is 335 Å². The predicted octanol–water partition coefficient (Wildman–Crippen LogP) is 2.55. The number of anilines is 1. The van der Waals surface area contributed by atoms with E-state index in [4.69, 9.17) is 4.74 Å². The van der Waals surface area contributed by atoms with E-state index in [0.29, 0.717) is 37.4 Å². The molecule has 4 saturated heterocycles. The molecule has 0 bridgehead atoms. The molecular weight excluding hydrogens is 756 g/mol. The third-order valence-corrected chi connectivity index (χ3v) is 11.3. The number of esters is 1. The van der Waals surface area contributed by atoms with Crippen LogP contribution < -0.4 is 21.3 Å². The van der Waals surface area contributed by atoms with Crippen LogP contribution in [0, 0.1) is 24.5 Å². The molecule has 7 amide bonds. The predicted molar refractivity (Wildman–Crippen MR) is 206 cm³/mol. The normalized spacial score (nSPS) is 27.5. The van der Waals surface area contributed by atoms with Gasteiger partial charge in [0.2, 0.25) is 29.5 Å². The van der Waals surface area contributed by atoms with Crippen LogP contribution in [-0.2, 0) is 39.9 Å². The molecule has 2 aromatic rings. The Morgan fingerprint density at radius 1 is 0.828 bits per heavy atom. The topological polar surface area (TPSA) is 187 Å². The summed E-state index contributed by atoms with van der Waals surface area (Å²) in [5.41, 5.74) is 1.36. The average Bonchev–Trinajstić information content (AvgIpc) is 3.83. The number of cyclic esters (lactones) is 1. The Kier molecular flexibility index (Phi) is 13.0. The molecule has 15 nitrogen and oxygen atoms in total. The second kappa shape index (κ2) is 17.9. The first kappa shape index (κ1) is 42.0. The number of nitrogens with zero attached hydrogens (tertiary/aromatic N) is 3. The maximum atomic E-state index is 14.7. The van der Waals surface area contributed by atoms with E-state index >= 15 is 0 Å². The standard InChI is InChI=1S/C41H51F2N7O8/c1-22-10-12-29(13-11-22)45-41(57)46-30(19-26-17-27(42)20-28(43)18-26)35(51)47-34-25(4)58-40(56)33-16-23(2)21-50(33)37(53)24(3)44-36(52)31-8-5-6-14-48(31)38(54)32-9-7-15-49(32)39(34)55/h10-13,17-18,20,23-25,30-34H,5-9,14-16,19,21H2,1-4H3,(H,44,52)(H,47,51)(H2,45,46,57)/t23-,24-,25-,30-,31-,32-,33?,34-/m0/s1. The lowest BCUT2D eigenvalue weighted by molar-refractivity contribution is -0.163. The van der Waals surface area contributed by atoms with Crippen LogP contribution in [0.1, 0.15) is 70.4 Å². The van der Waals surface area contributed by atoms with Crippen LogP contribution in [-0.4, -0.2) is 118 Å². The number of benzene rings is 2. The van der Waals surface area contributed by atoms with E-state index in [2.05, 4.69) is 21.3 Å². The van der Waals surface area contributed by atoms with Gasteiger partial charge >= 0.3 is 12.0 Å². The van der Waals surface area contributed by atoms with Gasteiger partial charge in [-0.05, 0) is 95.0 Å². The number of hydrogen-bond donors (Lipinski definition) is 4. The highest BCUT2D eigenvalue weighted by Gasteiger charge is 2.47. The number of halogens is 2. The molecule has 4 aliphatic heterocycles. The van der Waals surface area contributed by atoms with E-state index in [1.165, 1.54) is 28.5 Å². The zero-order chi connectivity index (χ0) is 41.8. The Morgan fingerprint density at radius 3 is 2.19 bits per heavy atom. The average molecular weight is 808 g/mol. The first-order valence-electron chi connectivity index (χ1n) is 19.9. The van der Waals surface area contributed by atoms with Crippen molar-refractivity contribution in [2.45, 2.75) is 115 Å². The summed E-state index contributed by atoms with van der Waals surface area (Å²) in [6.45, 7) is 7.24. The Morgan fingerprint density at radius 2 is 1.48 bits per heavy atom. The zero-order valence-corrected chi connectivity index (χ0v) is 33.1. The van der Waals surface area contributed by atoms with Crippen LogP contribution in [0.2, 0.25) is 0 Å². The highest BCUT2D eigenvalue weighted by Crippen LogP contribution is 2.29. The summed E-state index contributed by atoms with van der Waals surface area (Å²) in [4.78, 5) is 102. The number of nitrogens with one attached hydrogen (secondary N) is 4. The van der Waals surface area contributed by atoms with Crippen molar-refractivity contribution >= 4 is 47.2 Å². The molecule has 17 heteroatoms. The molecule has 0 radical (unpaired) electrons. The van der Waals surface area contributed by atoms with Gasteiger partial charge in [0, 0.05) is 37.8 Å². The fourth-order valence-electron chi connectivity index (χ4n) is 8.36. The lowest BCUT2D eigenvalue weighted by Gasteiger charge is -2.39. The van der Waals surface area contributed by atoms with Gasteiger partial charge in [-0.15, -0.1) is 0 Å². The number of carbonyl (C=O) groups is 7. The number of carbonyl (C=O) groups excluding carboxylic acids is 7. The molecular formula is C41H51F2N7O8. The van der Waals surface area contributed by atoms with Crippen LogP contribution in [0.15, 0.2) is 42.5 Å². The summed E-state index contributed by atoms with van der Waals surface area (Å²) in [5.74, 6) is -5.95. The van der Waals surface area contributed by atoms with Gasteiger partial charge in [0.15, 0.2) is 0 Å². The molecule has 0 saturated carbocycles. The second-order valence-electron chi connectivity index (χ2n) is 15.9. The molecule has 4 N–H and O–H groups in total. The third kappa shape index (κ3) is 9.56. The van der Waals surface area contributed by atoms with E-state index < -0.39 is 102 Å². The summed E-state index contributed by atoms with van der Waals surface area (Å²) in [5, 5.41) is 10.6. The third-order valence-electron chi connectivity index (χ3n) is 11.3. The quantitative estimate of drug-likeness (QED) is 0.321. The SMILES string of the molecule is Cc1ccc(NC(=O)N[C@@H](Cc2cc(F)cc(F)c2)C(=O)N[C@@H]2C(=O)N3CCC[C@H]3C(=O)N3CCCC[C@H]3C(=O)N[C@@H](C)C(=O)N3C[C@@H](C)CC3C(=O)O[C@H]2C)cc1. The summed E-state index contributed by atoms with van der Waals surface area (Å²) in [6.07, 6.45) is 0.815. The van der Waals surface area contributed by atoms with Crippen molar-refractivity contribution in [2.75, 3.05) is 25.0 Å². The lowest BCUT2D eigenvalue weighted by atomic mass is 9.99. The number of aryl methyl sites for hydroxylation is 1. The van der Waals surface area contributed by atoms with E-state index in [1.807, 2.05) is 13.8 Å². The maximum absolute atomic E-state index is 14.7. The monoisotopic (exact) mass is 807 g/mol. The van der Waals surface area contributed by atoms with Gasteiger partial charge in [-0.2, -0.15) is 0 Å². The lowest BCUT2D eigenvalue weighted by Crippen LogP contribution is -2.63. The molecule has 1 unspecified atom stereocenters. The number of amides is 7. The fraction of sp³-hybridized carbons (Fsp3) is 0.537. The van der Waals surface area contributed by atoms with Crippen molar-refractivity contribution in [1.29, 1.82) is 0 Å².